The third kappa shape index (κ3) is 9.35. The van der Waals surface area contributed by atoms with Crippen LogP contribution in [-0.4, -0.2) is 0 Å². The molecule has 0 unspecified atom stereocenters. The van der Waals surface area contributed by atoms with Crippen molar-refractivity contribution >= 4 is 0 Å². The molecule has 0 heterocycles. The number of hydrogen-bond acceptors (Lipinski definition) is 0. The van der Waals surface area contributed by atoms with E-state index >= 15 is 0 Å². The second-order valence-corrected chi connectivity index (χ2v) is 3.84. The van der Waals surface area contributed by atoms with Gasteiger partial charge in [0.05, 0.1) is 0 Å². The predicted octanol–water partition coefficient (Wildman–Crippen LogP) is 5.02. The third-order valence-electron chi connectivity index (χ3n) is 2.35. The van der Waals surface area contributed by atoms with E-state index in [0.717, 1.165) is 0 Å². The molecule has 0 saturated carbocycles. The van der Waals surface area contributed by atoms with E-state index in [1.165, 1.54) is 50.5 Å². The fourth-order valence-corrected chi connectivity index (χ4v) is 1.44. The number of hydrogen-bond donors (Lipinski definition) is 0. The summed E-state index contributed by atoms with van der Waals surface area (Å²) in [5.41, 5.74) is 4.56. The van der Waals surface area contributed by atoms with E-state index in [2.05, 4.69) is 26.2 Å². The summed E-state index contributed by atoms with van der Waals surface area (Å²) in [7, 11) is 0. The van der Waals surface area contributed by atoms with Crippen molar-refractivity contribution in [3.8, 4) is 0 Å². The van der Waals surface area contributed by atoms with Crippen LogP contribution in [0.15, 0.2) is 30.0 Å². The Morgan fingerprint density at radius 1 is 1.14 bits per heavy atom. The summed E-state index contributed by atoms with van der Waals surface area (Å²) in [6.07, 6.45) is 13.1. The van der Waals surface area contributed by atoms with Gasteiger partial charge in [0.1, 0.15) is 0 Å². The van der Waals surface area contributed by atoms with Crippen LogP contribution in [0.1, 0.15) is 58.8 Å². The summed E-state index contributed by atoms with van der Waals surface area (Å²) in [5, 5.41) is 0. The van der Waals surface area contributed by atoms with Crippen LogP contribution >= 0.6 is 0 Å². The highest BCUT2D eigenvalue weighted by molar-refractivity contribution is 5.04. The average molecular weight is 192 g/mol. The topological polar surface area (TPSA) is 0 Å². The van der Waals surface area contributed by atoms with Gasteiger partial charge in [-0.25, -0.2) is 0 Å². The monoisotopic (exact) mass is 192 g/mol. The summed E-state index contributed by atoms with van der Waals surface area (Å²) in [5.74, 6) is 0. The standard InChI is InChI=1S/C14H24/c1-4-6-8-9-10-11-13-14(3)12-7-5-2/h5,7H,2,4,6,8-11,13H2,1,3H3. The van der Waals surface area contributed by atoms with Crippen LogP contribution in [0, 0.1) is 0 Å². The molecule has 80 valence electrons. The van der Waals surface area contributed by atoms with Gasteiger partial charge < -0.3 is 0 Å². The van der Waals surface area contributed by atoms with E-state index in [0.29, 0.717) is 0 Å². The van der Waals surface area contributed by atoms with Gasteiger partial charge in [-0.1, -0.05) is 51.7 Å². The van der Waals surface area contributed by atoms with E-state index in [9.17, 15) is 0 Å². The quantitative estimate of drug-likeness (QED) is 0.287. The Bertz CT molecular complexity index is 192. The van der Waals surface area contributed by atoms with Crippen LogP contribution in [-0.2, 0) is 0 Å². The van der Waals surface area contributed by atoms with Crippen LogP contribution in [0.4, 0.5) is 0 Å². The van der Waals surface area contributed by atoms with Crippen LogP contribution in [0.5, 0.6) is 0 Å². The lowest BCUT2D eigenvalue weighted by Gasteiger charge is -1.99. The lowest BCUT2D eigenvalue weighted by atomic mass is 10.1. The van der Waals surface area contributed by atoms with E-state index in [4.69, 9.17) is 0 Å². The zero-order valence-corrected chi connectivity index (χ0v) is 9.81. The fourth-order valence-electron chi connectivity index (χ4n) is 1.44. The first-order valence-electron chi connectivity index (χ1n) is 5.84. The first kappa shape index (κ1) is 13.3. The molecule has 0 bridgehead atoms. The SMILES string of the molecule is C=CC=C=C(C)CCCCCCCC. The molecule has 0 rings (SSSR count). The van der Waals surface area contributed by atoms with Gasteiger partial charge in [0.15, 0.2) is 0 Å². The van der Waals surface area contributed by atoms with E-state index in [-0.39, 0.29) is 0 Å². The van der Waals surface area contributed by atoms with Gasteiger partial charge in [0.25, 0.3) is 0 Å². The molecule has 0 atom stereocenters. The molecular formula is C14H24. The minimum atomic E-state index is 1.19. The first-order chi connectivity index (χ1) is 6.81. The molecule has 0 aliphatic rings. The molecule has 14 heavy (non-hydrogen) atoms. The molecule has 0 heteroatoms. The number of unbranched alkanes of at least 4 members (excludes halogenated alkanes) is 5. The van der Waals surface area contributed by atoms with Gasteiger partial charge >= 0.3 is 0 Å². The molecule has 0 aromatic heterocycles. The van der Waals surface area contributed by atoms with Crippen molar-refractivity contribution in [3.05, 3.63) is 30.0 Å². The minimum absolute atomic E-state index is 1.19. The highest BCUT2D eigenvalue weighted by Gasteiger charge is 1.91. The van der Waals surface area contributed by atoms with Crippen molar-refractivity contribution in [1.82, 2.24) is 0 Å². The normalized spacial score (nSPS) is 9.29. The van der Waals surface area contributed by atoms with E-state index in [1.807, 2.05) is 6.08 Å². The maximum Gasteiger partial charge on any atom is -0.0206 e. The Balaban J connectivity index is 3.36. The molecule has 0 amide bonds. The number of rotatable bonds is 8. The van der Waals surface area contributed by atoms with E-state index in [1.54, 1.807) is 6.08 Å². The van der Waals surface area contributed by atoms with Crippen molar-refractivity contribution in [2.45, 2.75) is 58.8 Å². The van der Waals surface area contributed by atoms with Gasteiger partial charge in [-0.3, -0.25) is 0 Å². The average Bonchev–Trinajstić information content (AvgIpc) is 2.20. The summed E-state index contributed by atoms with van der Waals surface area (Å²) in [4.78, 5) is 0. The lowest BCUT2D eigenvalue weighted by Crippen LogP contribution is -1.80. The molecule has 0 aliphatic heterocycles. The Morgan fingerprint density at radius 3 is 2.43 bits per heavy atom. The molecule has 0 fully saturated rings. The second kappa shape index (κ2) is 10.3. The van der Waals surface area contributed by atoms with Crippen LogP contribution in [0.3, 0.4) is 0 Å². The largest absolute Gasteiger partial charge is 0.122 e. The van der Waals surface area contributed by atoms with Crippen molar-refractivity contribution in [1.29, 1.82) is 0 Å². The van der Waals surface area contributed by atoms with Gasteiger partial charge in [0, 0.05) is 0 Å². The zero-order chi connectivity index (χ0) is 10.6. The summed E-state index contributed by atoms with van der Waals surface area (Å²) >= 11 is 0. The molecule has 0 spiro atoms. The van der Waals surface area contributed by atoms with Crippen LogP contribution in [0.25, 0.3) is 0 Å². The lowest BCUT2D eigenvalue weighted by molar-refractivity contribution is 0.606. The van der Waals surface area contributed by atoms with Crippen LogP contribution < -0.4 is 0 Å². The van der Waals surface area contributed by atoms with Crippen molar-refractivity contribution in [3.63, 3.8) is 0 Å². The molecule has 0 aliphatic carbocycles. The summed E-state index contributed by atoms with van der Waals surface area (Å²) in [6.45, 7) is 8.03. The van der Waals surface area contributed by atoms with Gasteiger partial charge in [0.2, 0.25) is 0 Å². The molecule has 0 aromatic carbocycles. The smallest absolute Gasteiger partial charge is 0.0206 e. The van der Waals surface area contributed by atoms with Gasteiger partial charge in [-0.2, -0.15) is 0 Å². The predicted molar refractivity (Wildman–Crippen MR) is 65.5 cm³/mol. The van der Waals surface area contributed by atoms with Crippen molar-refractivity contribution in [2.24, 2.45) is 0 Å². The molecule has 0 radical (unpaired) electrons. The summed E-state index contributed by atoms with van der Waals surface area (Å²) in [6, 6.07) is 0. The zero-order valence-electron chi connectivity index (χ0n) is 9.81. The van der Waals surface area contributed by atoms with Crippen molar-refractivity contribution < 1.29 is 0 Å². The van der Waals surface area contributed by atoms with Crippen LogP contribution in [0.2, 0.25) is 0 Å². The molecule has 0 aromatic rings. The fraction of sp³-hybridized carbons (Fsp3) is 0.643. The third-order valence-corrected chi connectivity index (χ3v) is 2.35. The Hall–Kier alpha value is -0.740. The minimum Gasteiger partial charge on any atom is -0.122 e. The maximum absolute atomic E-state index is 3.63. The molecule has 0 saturated heterocycles. The molecule has 0 N–H and O–H groups in total. The highest BCUT2D eigenvalue weighted by atomic mass is 14.0. The maximum atomic E-state index is 3.63. The second-order valence-electron chi connectivity index (χ2n) is 3.84. The first-order valence-corrected chi connectivity index (χ1v) is 5.84. The Morgan fingerprint density at radius 2 is 1.79 bits per heavy atom. The molecular weight excluding hydrogens is 168 g/mol. The highest BCUT2D eigenvalue weighted by Crippen LogP contribution is 2.10. The van der Waals surface area contributed by atoms with Gasteiger partial charge in [-0.05, 0) is 31.4 Å². The molecule has 0 nitrogen and oxygen atoms in total. The summed E-state index contributed by atoms with van der Waals surface area (Å²) < 4.78 is 0. The number of allylic oxidation sites excluding steroid dienone is 2. The van der Waals surface area contributed by atoms with Crippen molar-refractivity contribution in [2.75, 3.05) is 0 Å². The van der Waals surface area contributed by atoms with Gasteiger partial charge in [-0.15, -0.1) is 5.73 Å². The Labute approximate surface area is 89.4 Å². The van der Waals surface area contributed by atoms with E-state index < -0.39 is 0 Å². The Kier molecular flexibility index (Phi) is 9.79.